The van der Waals surface area contributed by atoms with Crippen molar-refractivity contribution >= 4 is 42.1 Å². The van der Waals surface area contributed by atoms with Crippen LogP contribution >= 0.6 is 19.4 Å². The molecule has 1 heterocycles. The van der Waals surface area contributed by atoms with Gasteiger partial charge in [0.2, 0.25) is 0 Å². The Labute approximate surface area is 161 Å². The minimum atomic E-state index is -4.51. The summed E-state index contributed by atoms with van der Waals surface area (Å²) in [5.74, 6) is 0.321. The van der Waals surface area contributed by atoms with Gasteiger partial charge in [-0.15, -0.1) is 11.6 Å². The predicted octanol–water partition coefficient (Wildman–Crippen LogP) is 2.14. The van der Waals surface area contributed by atoms with Gasteiger partial charge < -0.3 is 24.4 Å². The van der Waals surface area contributed by atoms with Crippen molar-refractivity contribution in [3.8, 4) is 0 Å². The lowest BCUT2D eigenvalue weighted by Gasteiger charge is -2.24. The number of halogens is 1. The summed E-state index contributed by atoms with van der Waals surface area (Å²) < 4.78 is 17.3. The second kappa shape index (κ2) is 9.52. The largest absolute Gasteiger partial charge is 0.481 e. The van der Waals surface area contributed by atoms with Crippen LogP contribution in [0, 0.1) is 0 Å². The molecule has 0 atom stereocenters. The number of rotatable bonds is 11. The lowest BCUT2D eigenvalue weighted by atomic mass is 10.2. The van der Waals surface area contributed by atoms with Crippen LogP contribution < -0.4 is 4.90 Å². The third kappa shape index (κ3) is 6.48. The smallest absolute Gasteiger partial charge is 0.469 e. The molecule has 0 spiro atoms. The van der Waals surface area contributed by atoms with Gasteiger partial charge in [0.15, 0.2) is 0 Å². The molecule has 0 aliphatic heterocycles. The molecule has 1 aromatic heterocycles. The molecule has 0 aliphatic rings. The maximum Gasteiger partial charge on any atom is 0.469 e. The molecule has 27 heavy (non-hydrogen) atoms. The summed E-state index contributed by atoms with van der Waals surface area (Å²) in [6.07, 6.45) is 1.17. The highest BCUT2D eigenvalue weighted by molar-refractivity contribution is 7.46. The first-order valence-electron chi connectivity index (χ1n) is 8.39. The second-order valence-electron chi connectivity index (χ2n) is 6.01. The Balaban J connectivity index is 2.17. The standard InChI is InChI=1S/C16H23ClN3O6P/c1-19-14-11-12(20(8-7-17)9-10-26-27(23,24)25)5-6-13(14)18-15(19)3-2-4-16(21)22/h5-6,11H,2-4,7-10H2,1H3,(H,21,22)(H2,23,24,25). The number of nitrogens with zero attached hydrogens (tertiary/aromatic N) is 3. The number of carboxylic acid groups (broad SMARTS) is 1. The number of hydrogen-bond donors (Lipinski definition) is 3. The summed E-state index contributed by atoms with van der Waals surface area (Å²) in [6, 6.07) is 5.64. The van der Waals surface area contributed by atoms with E-state index >= 15 is 0 Å². The van der Waals surface area contributed by atoms with Gasteiger partial charge in [0.1, 0.15) is 5.82 Å². The van der Waals surface area contributed by atoms with Crippen LogP contribution in [0.15, 0.2) is 18.2 Å². The molecule has 2 rings (SSSR count). The average molecular weight is 420 g/mol. The van der Waals surface area contributed by atoms with Gasteiger partial charge in [-0.3, -0.25) is 9.32 Å². The molecule has 0 bridgehead atoms. The topological polar surface area (TPSA) is 125 Å². The average Bonchev–Trinajstić information content (AvgIpc) is 2.88. The molecule has 0 amide bonds. The normalized spacial score (nSPS) is 11.9. The Kier molecular flexibility index (Phi) is 7.64. The van der Waals surface area contributed by atoms with Crippen molar-refractivity contribution < 1.29 is 28.8 Å². The molecule has 0 unspecified atom stereocenters. The van der Waals surface area contributed by atoms with Crippen LogP contribution in [0.3, 0.4) is 0 Å². The van der Waals surface area contributed by atoms with Gasteiger partial charge in [-0.05, 0) is 24.6 Å². The molecule has 0 radical (unpaired) electrons. The maximum absolute atomic E-state index is 10.8. The van der Waals surface area contributed by atoms with Crippen LogP contribution in [-0.4, -0.2) is 56.0 Å². The van der Waals surface area contributed by atoms with E-state index in [-0.39, 0.29) is 19.6 Å². The number of imidazole rings is 1. The van der Waals surface area contributed by atoms with Crippen LogP contribution in [0.25, 0.3) is 11.0 Å². The van der Waals surface area contributed by atoms with E-state index in [2.05, 4.69) is 9.51 Å². The third-order valence-electron chi connectivity index (χ3n) is 4.09. The zero-order chi connectivity index (χ0) is 20.0. The predicted molar refractivity (Wildman–Crippen MR) is 102 cm³/mol. The molecule has 0 aliphatic carbocycles. The molecule has 150 valence electrons. The highest BCUT2D eigenvalue weighted by Gasteiger charge is 2.16. The first-order chi connectivity index (χ1) is 12.7. The van der Waals surface area contributed by atoms with Crippen molar-refractivity contribution in [1.29, 1.82) is 0 Å². The van der Waals surface area contributed by atoms with Crippen LogP contribution in [-0.2, 0) is 27.4 Å². The molecule has 1 aromatic carbocycles. The molecule has 11 heteroatoms. The lowest BCUT2D eigenvalue weighted by Crippen LogP contribution is -2.29. The molecular weight excluding hydrogens is 397 g/mol. The van der Waals surface area contributed by atoms with Crippen LogP contribution in [0.4, 0.5) is 5.69 Å². The number of aryl methyl sites for hydroxylation is 2. The van der Waals surface area contributed by atoms with Crippen LogP contribution in [0.1, 0.15) is 18.7 Å². The molecule has 2 aromatic rings. The number of benzene rings is 1. The fraction of sp³-hybridized carbons (Fsp3) is 0.500. The number of phosphoric ester groups is 1. The Morgan fingerprint density at radius 1 is 1.37 bits per heavy atom. The Morgan fingerprint density at radius 2 is 2.11 bits per heavy atom. The number of aromatic nitrogens is 2. The molecule has 3 N–H and O–H groups in total. The first kappa shape index (κ1) is 21.7. The van der Waals surface area contributed by atoms with E-state index in [1.54, 1.807) is 0 Å². The van der Waals surface area contributed by atoms with Gasteiger partial charge in [-0.2, -0.15) is 0 Å². The fourth-order valence-electron chi connectivity index (χ4n) is 2.79. The third-order valence-corrected chi connectivity index (χ3v) is 4.78. The summed E-state index contributed by atoms with van der Waals surface area (Å²) in [7, 11) is -2.64. The number of hydrogen-bond acceptors (Lipinski definition) is 5. The monoisotopic (exact) mass is 419 g/mol. The first-order valence-corrected chi connectivity index (χ1v) is 10.5. The fourth-order valence-corrected chi connectivity index (χ4v) is 3.31. The van der Waals surface area contributed by atoms with E-state index in [0.717, 1.165) is 22.5 Å². The van der Waals surface area contributed by atoms with Gasteiger partial charge in [-0.1, -0.05) is 0 Å². The van der Waals surface area contributed by atoms with E-state index < -0.39 is 13.8 Å². The molecule has 0 saturated carbocycles. The van der Waals surface area contributed by atoms with E-state index in [1.807, 2.05) is 34.7 Å². The van der Waals surface area contributed by atoms with E-state index in [9.17, 15) is 9.36 Å². The Bertz CT molecular complexity index is 837. The highest BCUT2D eigenvalue weighted by Crippen LogP contribution is 2.35. The molecule has 0 fully saturated rings. The van der Waals surface area contributed by atoms with Gasteiger partial charge in [-0.25, -0.2) is 9.55 Å². The molecule has 0 saturated heterocycles. The summed E-state index contributed by atoms with van der Waals surface area (Å²) in [5.41, 5.74) is 2.51. The van der Waals surface area contributed by atoms with Crippen molar-refractivity contribution in [2.24, 2.45) is 7.05 Å². The minimum Gasteiger partial charge on any atom is -0.481 e. The van der Waals surface area contributed by atoms with Crippen molar-refractivity contribution in [2.75, 3.05) is 30.5 Å². The zero-order valence-electron chi connectivity index (χ0n) is 14.9. The maximum atomic E-state index is 10.8. The van der Waals surface area contributed by atoms with Crippen LogP contribution in [0.5, 0.6) is 0 Å². The zero-order valence-corrected chi connectivity index (χ0v) is 16.6. The summed E-state index contributed by atoms with van der Waals surface area (Å²) in [6.45, 7) is 0.624. The number of anilines is 1. The van der Waals surface area contributed by atoms with E-state index in [0.29, 0.717) is 25.3 Å². The molecule has 9 nitrogen and oxygen atoms in total. The second-order valence-corrected chi connectivity index (χ2v) is 7.62. The molecular formula is C16H23ClN3O6P. The van der Waals surface area contributed by atoms with E-state index in [4.69, 9.17) is 26.5 Å². The highest BCUT2D eigenvalue weighted by atomic mass is 35.5. The Morgan fingerprint density at radius 3 is 2.74 bits per heavy atom. The number of phosphoric acid groups is 1. The minimum absolute atomic E-state index is 0.0948. The summed E-state index contributed by atoms with van der Waals surface area (Å²) in [4.78, 5) is 34.7. The van der Waals surface area contributed by atoms with Gasteiger partial charge in [0.05, 0.1) is 17.6 Å². The quantitative estimate of drug-likeness (QED) is 0.373. The lowest BCUT2D eigenvalue weighted by molar-refractivity contribution is -0.137. The van der Waals surface area contributed by atoms with Crippen molar-refractivity contribution in [3.05, 3.63) is 24.0 Å². The Hall–Kier alpha value is -1.64. The summed E-state index contributed by atoms with van der Waals surface area (Å²) >= 11 is 5.85. The number of alkyl halides is 1. The van der Waals surface area contributed by atoms with Crippen LogP contribution in [0.2, 0.25) is 0 Å². The SMILES string of the molecule is Cn1c(CCCC(=O)O)nc2ccc(N(CCCl)CCOP(=O)(O)O)cc21. The van der Waals surface area contributed by atoms with Crippen molar-refractivity contribution in [3.63, 3.8) is 0 Å². The van der Waals surface area contributed by atoms with Crippen molar-refractivity contribution in [2.45, 2.75) is 19.3 Å². The van der Waals surface area contributed by atoms with Crippen molar-refractivity contribution in [1.82, 2.24) is 9.55 Å². The summed E-state index contributed by atoms with van der Waals surface area (Å²) in [5, 5.41) is 8.77. The number of aliphatic carboxylic acids is 1. The van der Waals surface area contributed by atoms with E-state index in [1.165, 1.54) is 0 Å². The number of carboxylic acids is 1. The van der Waals surface area contributed by atoms with Gasteiger partial charge in [0, 0.05) is 44.5 Å². The van der Waals surface area contributed by atoms with Gasteiger partial charge in [0.25, 0.3) is 0 Å². The van der Waals surface area contributed by atoms with Gasteiger partial charge >= 0.3 is 13.8 Å². The number of carbonyl (C=O) groups is 1. The number of fused-ring (bicyclic) bond motifs is 1.